The Kier molecular flexibility index (Phi) is 5.71. The number of aliphatic carboxylic acids is 1. The molecule has 0 aromatic heterocycles. The minimum Gasteiger partial charge on any atom is -0.480 e. The highest BCUT2D eigenvalue weighted by molar-refractivity contribution is 5.88. The van der Waals surface area contributed by atoms with E-state index in [4.69, 9.17) is 10.8 Å². The van der Waals surface area contributed by atoms with Crippen LogP contribution in [0.2, 0.25) is 0 Å². The molecule has 0 aliphatic rings. The third-order valence-electron chi connectivity index (χ3n) is 2.80. The van der Waals surface area contributed by atoms with Crippen molar-refractivity contribution in [3.8, 4) is 0 Å². The molecule has 6 nitrogen and oxygen atoms in total. The topological polar surface area (TPSA) is 109 Å². The van der Waals surface area contributed by atoms with Gasteiger partial charge in [0.05, 0.1) is 6.42 Å². The van der Waals surface area contributed by atoms with Crippen LogP contribution in [0.4, 0.5) is 0 Å². The molecule has 20 heavy (non-hydrogen) atoms. The summed E-state index contributed by atoms with van der Waals surface area (Å²) >= 11 is 0. The summed E-state index contributed by atoms with van der Waals surface area (Å²) in [5.74, 6) is -2.46. The van der Waals surface area contributed by atoms with E-state index in [9.17, 15) is 14.4 Å². The Balaban J connectivity index is 2.47. The first kappa shape index (κ1) is 15.7. The molecule has 0 bridgehead atoms. The molecule has 4 N–H and O–H groups in total. The van der Waals surface area contributed by atoms with Crippen LogP contribution >= 0.6 is 0 Å². The zero-order valence-electron chi connectivity index (χ0n) is 11.3. The van der Waals surface area contributed by atoms with Crippen LogP contribution in [-0.2, 0) is 20.8 Å². The van der Waals surface area contributed by atoms with Gasteiger partial charge in [-0.25, -0.2) is 4.79 Å². The number of benzene rings is 1. The standard InChI is InChI=1S/C14H18N2O4/c1-9-2-4-10(5-3-9)6-7-13(18)16-11(14(19)20)8-12(15)17/h2-5,11H,6-8H2,1H3,(H2,15,17)(H,16,18)(H,19,20)/t11-/m1/s1. The fraction of sp³-hybridized carbons (Fsp3) is 0.357. The molecule has 1 rings (SSSR count). The maximum Gasteiger partial charge on any atom is 0.326 e. The molecule has 0 heterocycles. The van der Waals surface area contributed by atoms with E-state index in [1.54, 1.807) is 0 Å². The number of carboxylic acids is 1. The van der Waals surface area contributed by atoms with Gasteiger partial charge in [0.1, 0.15) is 6.04 Å². The molecule has 2 amide bonds. The van der Waals surface area contributed by atoms with Gasteiger partial charge in [-0.05, 0) is 18.9 Å². The molecule has 1 atom stereocenters. The Hall–Kier alpha value is -2.37. The van der Waals surface area contributed by atoms with Crippen LogP contribution in [0.5, 0.6) is 0 Å². The van der Waals surface area contributed by atoms with Gasteiger partial charge >= 0.3 is 5.97 Å². The van der Waals surface area contributed by atoms with E-state index < -0.39 is 30.2 Å². The van der Waals surface area contributed by atoms with E-state index in [-0.39, 0.29) is 6.42 Å². The number of hydrogen-bond donors (Lipinski definition) is 3. The number of carbonyl (C=O) groups excluding carboxylic acids is 2. The summed E-state index contributed by atoms with van der Waals surface area (Å²) in [6.07, 6.45) is 0.256. The zero-order valence-corrected chi connectivity index (χ0v) is 11.3. The minimum atomic E-state index is -1.27. The Bertz CT molecular complexity index is 496. The van der Waals surface area contributed by atoms with E-state index in [2.05, 4.69) is 5.32 Å². The smallest absolute Gasteiger partial charge is 0.326 e. The zero-order chi connectivity index (χ0) is 15.1. The fourth-order valence-electron chi connectivity index (χ4n) is 1.68. The molecule has 0 saturated carbocycles. The molecule has 0 aliphatic carbocycles. The molecule has 108 valence electrons. The molecule has 0 unspecified atom stereocenters. The van der Waals surface area contributed by atoms with E-state index in [1.807, 2.05) is 31.2 Å². The van der Waals surface area contributed by atoms with Gasteiger partial charge in [0.15, 0.2) is 0 Å². The number of aryl methyl sites for hydroxylation is 2. The quantitative estimate of drug-likeness (QED) is 0.669. The van der Waals surface area contributed by atoms with Gasteiger partial charge in [-0.1, -0.05) is 29.8 Å². The number of nitrogens with two attached hydrogens (primary N) is 1. The van der Waals surface area contributed by atoms with Crippen molar-refractivity contribution in [3.05, 3.63) is 35.4 Å². The summed E-state index contributed by atoms with van der Waals surface area (Å²) in [5.41, 5.74) is 7.06. The number of primary amides is 1. The fourth-order valence-corrected chi connectivity index (χ4v) is 1.68. The van der Waals surface area contributed by atoms with E-state index in [0.717, 1.165) is 11.1 Å². The van der Waals surface area contributed by atoms with Crippen molar-refractivity contribution in [3.63, 3.8) is 0 Å². The van der Waals surface area contributed by atoms with Crippen LogP contribution in [-0.4, -0.2) is 28.9 Å². The first-order valence-corrected chi connectivity index (χ1v) is 6.24. The Morgan fingerprint density at radius 3 is 2.35 bits per heavy atom. The van der Waals surface area contributed by atoms with Crippen molar-refractivity contribution >= 4 is 17.8 Å². The lowest BCUT2D eigenvalue weighted by Crippen LogP contribution is -2.43. The lowest BCUT2D eigenvalue weighted by atomic mass is 10.1. The maximum atomic E-state index is 11.7. The second-order valence-corrected chi connectivity index (χ2v) is 4.61. The van der Waals surface area contributed by atoms with Gasteiger partial charge in [0.25, 0.3) is 0 Å². The number of nitrogens with one attached hydrogen (secondary N) is 1. The normalized spacial score (nSPS) is 11.7. The van der Waals surface area contributed by atoms with Gasteiger partial charge in [0, 0.05) is 6.42 Å². The third-order valence-corrected chi connectivity index (χ3v) is 2.80. The Labute approximate surface area is 117 Å². The summed E-state index contributed by atoms with van der Waals surface area (Å²) in [5, 5.41) is 11.2. The van der Waals surface area contributed by atoms with Crippen molar-refractivity contribution in [2.24, 2.45) is 5.73 Å². The molecule has 0 radical (unpaired) electrons. The maximum absolute atomic E-state index is 11.7. The molecule has 1 aromatic carbocycles. The van der Waals surface area contributed by atoms with E-state index >= 15 is 0 Å². The van der Waals surface area contributed by atoms with Crippen LogP contribution in [0.25, 0.3) is 0 Å². The van der Waals surface area contributed by atoms with Crippen molar-refractivity contribution in [1.29, 1.82) is 0 Å². The second-order valence-electron chi connectivity index (χ2n) is 4.61. The van der Waals surface area contributed by atoms with Crippen molar-refractivity contribution < 1.29 is 19.5 Å². The highest BCUT2D eigenvalue weighted by Gasteiger charge is 2.21. The van der Waals surface area contributed by atoms with Crippen LogP contribution in [0.3, 0.4) is 0 Å². The molecule has 0 fully saturated rings. The van der Waals surface area contributed by atoms with Crippen molar-refractivity contribution in [2.75, 3.05) is 0 Å². The van der Waals surface area contributed by atoms with E-state index in [0.29, 0.717) is 6.42 Å². The number of amides is 2. The molecular weight excluding hydrogens is 260 g/mol. The second kappa shape index (κ2) is 7.28. The summed E-state index contributed by atoms with van der Waals surface area (Å²) < 4.78 is 0. The predicted octanol–water partition coefficient (Wildman–Crippen LogP) is 0.372. The van der Waals surface area contributed by atoms with Crippen LogP contribution in [0.15, 0.2) is 24.3 Å². The molecule has 0 aliphatic heterocycles. The molecular formula is C14H18N2O4. The predicted molar refractivity (Wildman–Crippen MR) is 72.9 cm³/mol. The summed E-state index contributed by atoms with van der Waals surface area (Å²) in [6.45, 7) is 1.97. The van der Waals surface area contributed by atoms with Crippen LogP contribution in [0.1, 0.15) is 24.0 Å². The first-order chi connectivity index (χ1) is 9.38. The van der Waals surface area contributed by atoms with Gasteiger partial charge in [-0.3, -0.25) is 9.59 Å². The van der Waals surface area contributed by atoms with Crippen molar-refractivity contribution in [2.45, 2.75) is 32.2 Å². The molecule has 0 spiro atoms. The molecule has 6 heteroatoms. The first-order valence-electron chi connectivity index (χ1n) is 6.24. The highest BCUT2D eigenvalue weighted by Crippen LogP contribution is 2.06. The van der Waals surface area contributed by atoms with Gasteiger partial charge < -0.3 is 16.2 Å². The average molecular weight is 278 g/mol. The number of rotatable bonds is 7. The third kappa shape index (κ3) is 5.51. The van der Waals surface area contributed by atoms with E-state index in [1.165, 1.54) is 0 Å². The largest absolute Gasteiger partial charge is 0.480 e. The monoisotopic (exact) mass is 278 g/mol. The average Bonchev–Trinajstić information content (AvgIpc) is 2.36. The number of carbonyl (C=O) groups is 3. The number of hydrogen-bond acceptors (Lipinski definition) is 3. The molecule has 1 aromatic rings. The summed E-state index contributed by atoms with van der Waals surface area (Å²) in [4.78, 5) is 33.2. The minimum absolute atomic E-state index is 0.158. The lowest BCUT2D eigenvalue weighted by Gasteiger charge is -2.12. The summed E-state index contributed by atoms with van der Waals surface area (Å²) in [7, 11) is 0. The lowest BCUT2D eigenvalue weighted by molar-refractivity contribution is -0.143. The summed E-state index contributed by atoms with van der Waals surface area (Å²) in [6, 6.07) is 6.46. The Morgan fingerprint density at radius 2 is 1.85 bits per heavy atom. The van der Waals surface area contributed by atoms with Crippen LogP contribution in [0, 0.1) is 6.92 Å². The number of carboxylic acid groups (broad SMARTS) is 1. The van der Waals surface area contributed by atoms with Gasteiger partial charge in [-0.15, -0.1) is 0 Å². The SMILES string of the molecule is Cc1ccc(CCC(=O)N[C@H](CC(N)=O)C(=O)O)cc1. The van der Waals surface area contributed by atoms with Gasteiger partial charge in [-0.2, -0.15) is 0 Å². The molecule has 0 saturated heterocycles. The van der Waals surface area contributed by atoms with Crippen LogP contribution < -0.4 is 11.1 Å². The Morgan fingerprint density at radius 1 is 1.25 bits per heavy atom. The van der Waals surface area contributed by atoms with Crippen molar-refractivity contribution in [1.82, 2.24) is 5.32 Å². The highest BCUT2D eigenvalue weighted by atomic mass is 16.4. The van der Waals surface area contributed by atoms with Gasteiger partial charge in [0.2, 0.25) is 11.8 Å².